The Labute approximate surface area is 121 Å². The minimum Gasteiger partial charge on any atom is -0.457 e. The topological polar surface area (TPSA) is 35.2 Å². The highest BCUT2D eigenvalue weighted by Gasteiger charge is 2.13. The summed E-state index contributed by atoms with van der Waals surface area (Å²) in [6.07, 6.45) is 0. The monoisotopic (exact) mass is 269 g/mol. The first-order valence-electron chi connectivity index (χ1n) is 7.00. The predicted octanol–water partition coefficient (Wildman–Crippen LogP) is 4.80. The van der Waals surface area contributed by atoms with Crippen molar-refractivity contribution in [3.63, 3.8) is 0 Å². The van der Waals surface area contributed by atoms with Gasteiger partial charge in [0.2, 0.25) is 0 Å². The van der Waals surface area contributed by atoms with Gasteiger partial charge in [-0.1, -0.05) is 45.0 Å². The Hall–Kier alpha value is -1.80. The van der Waals surface area contributed by atoms with Crippen LogP contribution in [0.3, 0.4) is 0 Å². The molecule has 1 atom stereocenters. The summed E-state index contributed by atoms with van der Waals surface area (Å²) >= 11 is 0. The van der Waals surface area contributed by atoms with Crippen molar-refractivity contribution < 1.29 is 4.74 Å². The molecule has 0 aliphatic heterocycles. The third-order valence-corrected chi connectivity index (χ3v) is 3.34. The quantitative estimate of drug-likeness (QED) is 0.869. The van der Waals surface area contributed by atoms with E-state index >= 15 is 0 Å². The second-order valence-corrected chi connectivity index (χ2v) is 6.24. The second-order valence-electron chi connectivity index (χ2n) is 6.24. The third kappa shape index (κ3) is 3.61. The maximum Gasteiger partial charge on any atom is 0.127 e. The zero-order valence-corrected chi connectivity index (χ0v) is 12.7. The van der Waals surface area contributed by atoms with E-state index in [1.807, 2.05) is 43.3 Å². The molecule has 0 radical (unpaired) electrons. The van der Waals surface area contributed by atoms with Gasteiger partial charge >= 0.3 is 0 Å². The fraction of sp³-hybridized carbons (Fsp3) is 0.333. The van der Waals surface area contributed by atoms with Gasteiger partial charge in [0.05, 0.1) is 0 Å². The van der Waals surface area contributed by atoms with Crippen LogP contribution in [-0.2, 0) is 5.41 Å². The molecule has 0 fully saturated rings. The van der Waals surface area contributed by atoms with Crippen LogP contribution in [-0.4, -0.2) is 0 Å². The van der Waals surface area contributed by atoms with Gasteiger partial charge in [-0.25, -0.2) is 0 Å². The minimum absolute atomic E-state index is 0.0156. The van der Waals surface area contributed by atoms with Crippen LogP contribution in [0.15, 0.2) is 48.5 Å². The molecule has 2 aromatic carbocycles. The van der Waals surface area contributed by atoms with Gasteiger partial charge in [0.15, 0.2) is 0 Å². The first-order chi connectivity index (χ1) is 9.36. The van der Waals surface area contributed by atoms with Crippen molar-refractivity contribution >= 4 is 0 Å². The van der Waals surface area contributed by atoms with E-state index in [2.05, 4.69) is 32.9 Å². The zero-order chi connectivity index (χ0) is 14.8. The summed E-state index contributed by atoms with van der Waals surface area (Å²) in [5, 5.41) is 0. The number of hydrogen-bond acceptors (Lipinski definition) is 2. The Kier molecular flexibility index (Phi) is 4.15. The summed E-state index contributed by atoms with van der Waals surface area (Å²) in [6, 6.07) is 16.2. The summed E-state index contributed by atoms with van der Waals surface area (Å²) in [7, 11) is 0. The Bertz CT molecular complexity index is 565. The van der Waals surface area contributed by atoms with Gasteiger partial charge in [-0.15, -0.1) is 0 Å². The van der Waals surface area contributed by atoms with Crippen LogP contribution >= 0.6 is 0 Å². The fourth-order valence-corrected chi connectivity index (χ4v) is 2.02. The molecule has 0 aliphatic carbocycles. The Morgan fingerprint density at radius 3 is 2.15 bits per heavy atom. The lowest BCUT2D eigenvalue weighted by molar-refractivity contribution is 0.480. The van der Waals surface area contributed by atoms with Gasteiger partial charge in [0.1, 0.15) is 11.5 Å². The van der Waals surface area contributed by atoms with Crippen molar-refractivity contribution in [2.75, 3.05) is 0 Å². The molecule has 0 aromatic heterocycles. The Morgan fingerprint density at radius 1 is 0.950 bits per heavy atom. The van der Waals surface area contributed by atoms with Crippen LogP contribution < -0.4 is 10.5 Å². The minimum atomic E-state index is 0.0156. The molecule has 0 bridgehead atoms. The highest BCUT2D eigenvalue weighted by atomic mass is 16.5. The molecule has 1 unspecified atom stereocenters. The van der Waals surface area contributed by atoms with Crippen molar-refractivity contribution in [2.24, 2.45) is 5.73 Å². The van der Waals surface area contributed by atoms with Crippen LogP contribution in [0.25, 0.3) is 0 Å². The van der Waals surface area contributed by atoms with Crippen molar-refractivity contribution in [1.82, 2.24) is 0 Å². The number of nitrogens with two attached hydrogens (primary N) is 1. The zero-order valence-electron chi connectivity index (χ0n) is 12.7. The number of hydrogen-bond donors (Lipinski definition) is 1. The van der Waals surface area contributed by atoms with E-state index in [4.69, 9.17) is 10.5 Å². The summed E-state index contributed by atoms with van der Waals surface area (Å²) in [6.45, 7) is 8.58. The van der Waals surface area contributed by atoms with Crippen molar-refractivity contribution in [2.45, 2.75) is 39.2 Å². The molecule has 0 heterocycles. The van der Waals surface area contributed by atoms with E-state index in [9.17, 15) is 0 Å². The van der Waals surface area contributed by atoms with Gasteiger partial charge in [0, 0.05) is 6.04 Å². The largest absolute Gasteiger partial charge is 0.457 e. The van der Waals surface area contributed by atoms with Crippen LogP contribution in [0.1, 0.15) is 44.9 Å². The first kappa shape index (κ1) is 14.6. The average Bonchev–Trinajstić information content (AvgIpc) is 2.38. The Balaban J connectivity index is 2.16. The van der Waals surface area contributed by atoms with Crippen molar-refractivity contribution in [3.05, 3.63) is 59.7 Å². The lowest BCUT2D eigenvalue weighted by atomic mass is 9.87. The van der Waals surface area contributed by atoms with Crippen LogP contribution in [0, 0.1) is 0 Å². The molecule has 2 rings (SSSR count). The normalized spacial score (nSPS) is 13.1. The Morgan fingerprint density at radius 2 is 1.60 bits per heavy atom. The molecular weight excluding hydrogens is 246 g/mol. The summed E-state index contributed by atoms with van der Waals surface area (Å²) < 4.78 is 5.88. The molecule has 0 aliphatic rings. The molecule has 0 saturated carbocycles. The SMILES string of the molecule is CC(N)c1cccc(Oc2ccc(C(C)(C)C)cc2)c1. The lowest BCUT2D eigenvalue weighted by Gasteiger charge is -2.19. The standard InChI is InChI=1S/C18H23NO/c1-13(19)14-6-5-7-17(12-14)20-16-10-8-15(9-11-16)18(2,3)4/h5-13H,19H2,1-4H3. The maximum absolute atomic E-state index is 5.89. The summed E-state index contributed by atoms with van der Waals surface area (Å²) in [4.78, 5) is 0. The van der Waals surface area contributed by atoms with Gasteiger partial charge in [-0.3, -0.25) is 0 Å². The molecule has 20 heavy (non-hydrogen) atoms. The van der Waals surface area contributed by atoms with Crippen LogP contribution in [0.4, 0.5) is 0 Å². The van der Waals surface area contributed by atoms with E-state index in [0.717, 1.165) is 17.1 Å². The molecule has 0 saturated heterocycles. The summed E-state index contributed by atoms with van der Waals surface area (Å²) in [5.74, 6) is 1.67. The molecular formula is C18H23NO. The highest BCUT2D eigenvalue weighted by Crippen LogP contribution is 2.27. The van der Waals surface area contributed by atoms with Crippen molar-refractivity contribution in [1.29, 1.82) is 0 Å². The van der Waals surface area contributed by atoms with Gasteiger partial charge in [0.25, 0.3) is 0 Å². The lowest BCUT2D eigenvalue weighted by Crippen LogP contribution is -2.10. The number of rotatable bonds is 3. The van der Waals surface area contributed by atoms with E-state index < -0.39 is 0 Å². The van der Waals surface area contributed by atoms with Crippen LogP contribution in [0.2, 0.25) is 0 Å². The van der Waals surface area contributed by atoms with Crippen LogP contribution in [0.5, 0.6) is 11.5 Å². The third-order valence-electron chi connectivity index (χ3n) is 3.34. The molecule has 106 valence electrons. The van der Waals surface area contributed by atoms with Gasteiger partial charge in [-0.2, -0.15) is 0 Å². The van der Waals surface area contributed by atoms with E-state index in [-0.39, 0.29) is 11.5 Å². The molecule has 2 heteroatoms. The van der Waals surface area contributed by atoms with E-state index in [0.29, 0.717) is 0 Å². The molecule has 2 aromatic rings. The molecule has 2 N–H and O–H groups in total. The predicted molar refractivity (Wildman–Crippen MR) is 84.3 cm³/mol. The number of ether oxygens (including phenoxy) is 1. The molecule has 0 amide bonds. The smallest absolute Gasteiger partial charge is 0.127 e. The average molecular weight is 269 g/mol. The highest BCUT2D eigenvalue weighted by molar-refractivity contribution is 5.37. The second kappa shape index (κ2) is 5.68. The van der Waals surface area contributed by atoms with Gasteiger partial charge < -0.3 is 10.5 Å². The first-order valence-corrected chi connectivity index (χ1v) is 7.00. The fourth-order valence-electron chi connectivity index (χ4n) is 2.02. The summed E-state index contributed by atoms with van der Waals surface area (Å²) in [5.41, 5.74) is 8.43. The van der Waals surface area contributed by atoms with E-state index in [1.165, 1.54) is 5.56 Å². The number of benzene rings is 2. The van der Waals surface area contributed by atoms with Crippen molar-refractivity contribution in [3.8, 4) is 11.5 Å². The maximum atomic E-state index is 5.89. The van der Waals surface area contributed by atoms with Gasteiger partial charge in [-0.05, 0) is 47.7 Å². The van der Waals surface area contributed by atoms with E-state index in [1.54, 1.807) is 0 Å². The molecule has 0 spiro atoms. The molecule has 2 nitrogen and oxygen atoms in total.